The molecule has 55 heavy (non-hydrogen) atoms. The number of allylic oxidation sites excluding steroid dienone is 1. The molecule has 2 aromatic rings. The van der Waals surface area contributed by atoms with Crippen LogP contribution in [0.5, 0.6) is 5.75 Å². The van der Waals surface area contributed by atoms with Crippen molar-refractivity contribution in [1.82, 2.24) is 5.32 Å². The maximum Gasteiger partial charge on any atom is 0.337 e. The van der Waals surface area contributed by atoms with Gasteiger partial charge in [-0.25, -0.2) is 9.59 Å². The second-order valence-corrected chi connectivity index (χ2v) is 13.4. The fraction of sp³-hybridized carbons (Fsp3) is 0.488. The number of rotatable bonds is 28. The summed E-state index contributed by atoms with van der Waals surface area (Å²) in [5.74, 6) is -1.92. The Morgan fingerprint density at radius 3 is 2.09 bits per heavy atom. The minimum Gasteiger partial charge on any atom is -0.481 e. The predicted molar refractivity (Wildman–Crippen MR) is 206 cm³/mol. The minimum atomic E-state index is -3.07. The van der Waals surface area contributed by atoms with Crippen molar-refractivity contribution in [2.75, 3.05) is 13.2 Å². The van der Waals surface area contributed by atoms with Crippen LogP contribution < -0.4 is 10.1 Å². The topological polar surface area (TPSA) is 194 Å². The van der Waals surface area contributed by atoms with Gasteiger partial charge >= 0.3 is 17.9 Å². The van der Waals surface area contributed by atoms with E-state index in [0.29, 0.717) is 42.6 Å². The molecule has 0 radical (unpaired) electrons. The number of carboxylic acid groups (broad SMARTS) is 2. The van der Waals surface area contributed by atoms with Crippen LogP contribution in [0.2, 0.25) is 0 Å². The number of aliphatic hydroxyl groups is 1. The van der Waals surface area contributed by atoms with Gasteiger partial charge in [0, 0.05) is 24.8 Å². The van der Waals surface area contributed by atoms with Crippen LogP contribution >= 0.6 is 0 Å². The Morgan fingerprint density at radius 1 is 0.855 bits per heavy atom. The first-order chi connectivity index (χ1) is 26.4. The second-order valence-electron chi connectivity index (χ2n) is 13.4. The van der Waals surface area contributed by atoms with Crippen LogP contribution in [0.4, 0.5) is 0 Å². The Balaban J connectivity index is 2.18. The predicted octanol–water partition coefficient (Wildman–Crippen LogP) is 6.28. The molecule has 0 fully saturated rings. The number of esters is 1. The summed E-state index contributed by atoms with van der Waals surface area (Å²) in [6.45, 7) is 3.34. The van der Waals surface area contributed by atoms with E-state index in [2.05, 4.69) is 24.1 Å². The summed E-state index contributed by atoms with van der Waals surface area (Å²) in [4.78, 5) is 76.1. The molecule has 0 aliphatic carbocycles. The van der Waals surface area contributed by atoms with Gasteiger partial charge in [-0.1, -0.05) is 106 Å². The van der Waals surface area contributed by atoms with Crippen molar-refractivity contribution in [3.05, 3.63) is 77.9 Å². The van der Waals surface area contributed by atoms with E-state index in [1.54, 1.807) is 61.5 Å². The Kier molecular flexibility index (Phi) is 21.4. The molecule has 0 heterocycles. The molecule has 0 spiro atoms. The number of nitrogens with one attached hydrogen (secondary N) is 1. The summed E-state index contributed by atoms with van der Waals surface area (Å²) in [5, 5.41) is 33.1. The second kappa shape index (κ2) is 25.7. The molecule has 0 saturated heterocycles. The Labute approximate surface area is 323 Å². The zero-order valence-corrected chi connectivity index (χ0v) is 31.9. The van der Waals surface area contributed by atoms with Gasteiger partial charge < -0.3 is 30.1 Å². The highest BCUT2D eigenvalue weighted by molar-refractivity contribution is 5.98. The zero-order valence-electron chi connectivity index (χ0n) is 31.9. The van der Waals surface area contributed by atoms with Crippen molar-refractivity contribution >= 4 is 35.4 Å². The van der Waals surface area contributed by atoms with E-state index in [9.17, 15) is 44.1 Å². The number of carbonyl (C=O) groups excluding carboxylic acids is 4. The molecule has 12 nitrogen and oxygen atoms in total. The van der Waals surface area contributed by atoms with Crippen molar-refractivity contribution in [3.8, 4) is 17.6 Å². The van der Waals surface area contributed by atoms with Gasteiger partial charge in [-0.05, 0) is 50.3 Å². The fourth-order valence-corrected chi connectivity index (χ4v) is 5.78. The number of amides is 1. The number of unbranched alkanes of at least 4 members (excludes halogenated alkanes) is 8. The lowest BCUT2D eigenvalue weighted by Crippen LogP contribution is -2.55. The zero-order chi connectivity index (χ0) is 40.5. The lowest BCUT2D eigenvalue weighted by molar-refractivity contribution is -0.172. The Morgan fingerprint density at radius 2 is 1.49 bits per heavy atom. The van der Waals surface area contributed by atoms with E-state index >= 15 is 0 Å². The smallest absolute Gasteiger partial charge is 0.337 e. The molecule has 0 aromatic heterocycles. The van der Waals surface area contributed by atoms with E-state index < -0.39 is 60.2 Å². The number of Topliss-reactive ketones (excluding diaryl/α,β-unsaturated/α-hetero) is 2. The van der Waals surface area contributed by atoms with Crippen molar-refractivity contribution in [2.45, 2.75) is 115 Å². The van der Waals surface area contributed by atoms with Gasteiger partial charge in [0.15, 0.2) is 18.0 Å². The van der Waals surface area contributed by atoms with Crippen molar-refractivity contribution in [2.24, 2.45) is 5.92 Å². The maximum atomic E-state index is 13.8. The van der Waals surface area contributed by atoms with E-state index in [4.69, 9.17) is 9.47 Å². The van der Waals surface area contributed by atoms with E-state index in [1.807, 2.05) is 0 Å². The average Bonchev–Trinajstić information content (AvgIpc) is 3.16. The summed E-state index contributed by atoms with van der Waals surface area (Å²) < 4.78 is 10.8. The Bertz CT molecular complexity index is 1630. The third-order valence-corrected chi connectivity index (χ3v) is 8.95. The van der Waals surface area contributed by atoms with Crippen LogP contribution in [0.15, 0.2) is 66.7 Å². The van der Waals surface area contributed by atoms with Gasteiger partial charge in [-0.3, -0.25) is 19.2 Å². The molecule has 4 N–H and O–H groups in total. The first-order valence-corrected chi connectivity index (χ1v) is 18.9. The molecule has 1 amide bonds. The first kappa shape index (κ1) is 45.9. The number of ketones is 2. The highest BCUT2D eigenvalue weighted by atomic mass is 16.5. The van der Waals surface area contributed by atoms with Gasteiger partial charge in [0.1, 0.15) is 24.2 Å². The van der Waals surface area contributed by atoms with Gasteiger partial charge in [0.25, 0.3) is 0 Å². The van der Waals surface area contributed by atoms with Gasteiger partial charge in [-0.2, -0.15) is 0 Å². The fourth-order valence-electron chi connectivity index (χ4n) is 5.78. The molecule has 0 bridgehead atoms. The molecule has 12 heteroatoms. The Hall–Kier alpha value is -5.28. The maximum absolute atomic E-state index is 13.8. The normalized spacial score (nSPS) is 13.1. The summed E-state index contributed by atoms with van der Waals surface area (Å²) in [6, 6.07) is 13.2. The van der Waals surface area contributed by atoms with Gasteiger partial charge in [-0.15, -0.1) is 5.92 Å². The molecule has 2 aromatic carbocycles. The molecule has 0 unspecified atom stereocenters. The standard InChI is InChI=1S/C43H55NO11/c1-3-5-7-10-16-21-34(45)22-17-11-8-9-12-18-23-36(43(53,42(51)52)30-39(47)48)40(49)44-37(29-32-24-26-35(27-25-32)54-28-6-4-2)41(50)55-31-38(46)33-19-14-13-15-20-33/h13-15,18-20,23-27,36-37,53H,3,5,7-12,16-17,21-22,28-31H2,1-2H3,(H,44,49)(H,47,48)(H,51,52)/b23-18+/t36-,37+,43+/m1/s1. The van der Waals surface area contributed by atoms with Crippen LogP contribution in [0.3, 0.4) is 0 Å². The number of hydrogen-bond donors (Lipinski definition) is 4. The lowest BCUT2D eigenvalue weighted by Gasteiger charge is -2.29. The number of ether oxygens (including phenoxy) is 2. The molecule has 2 rings (SSSR count). The van der Waals surface area contributed by atoms with Gasteiger partial charge in [0.05, 0.1) is 12.3 Å². The molecule has 298 valence electrons. The average molecular weight is 762 g/mol. The summed E-state index contributed by atoms with van der Waals surface area (Å²) in [6.07, 6.45) is 11.1. The first-order valence-electron chi connectivity index (χ1n) is 18.9. The van der Waals surface area contributed by atoms with Crippen molar-refractivity contribution < 1.29 is 53.6 Å². The van der Waals surface area contributed by atoms with Crippen LogP contribution in [-0.2, 0) is 35.1 Å². The monoisotopic (exact) mass is 761 g/mol. The highest BCUT2D eigenvalue weighted by Crippen LogP contribution is 2.26. The minimum absolute atomic E-state index is 0.161. The number of hydrogen-bond acceptors (Lipinski definition) is 9. The number of benzene rings is 2. The van der Waals surface area contributed by atoms with Crippen LogP contribution in [0.25, 0.3) is 0 Å². The quantitative estimate of drug-likeness (QED) is 0.0251. The van der Waals surface area contributed by atoms with Crippen LogP contribution in [0, 0.1) is 17.8 Å². The molecular formula is C43H55NO11. The number of carbonyl (C=O) groups is 6. The molecule has 0 aliphatic heterocycles. The van der Waals surface area contributed by atoms with E-state index in [0.717, 1.165) is 51.0 Å². The molecule has 0 saturated carbocycles. The molecular weight excluding hydrogens is 706 g/mol. The summed E-state index contributed by atoms with van der Waals surface area (Å²) in [7, 11) is 0. The third-order valence-electron chi connectivity index (χ3n) is 8.95. The molecule has 0 aliphatic rings. The molecule has 3 atom stereocenters. The van der Waals surface area contributed by atoms with E-state index in [-0.39, 0.29) is 18.8 Å². The number of carboxylic acids is 2. The SMILES string of the molecule is CC#CCOc1ccc(C[C@H](NC(=O)[C@@H](/C=C/CCCCCCC(=O)CCCCCCC)[C@@](O)(CC(=O)O)C(=O)O)C(=O)OCC(=O)c2ccccc2)cc1. The summed E-state index contributed by atoms with van der Waals surface area (Å²) >= 11 is 0. The van der Waals surface area contributed by atoms with Crippen LogP contribution in [-0.4, -0.2) is 75.6 Å². The highest BCUT2D eigenvalue weighted by Gasteiger charge is 2.49. The van der Waals surface area contributed by atoms with E-state index in [1.165, 1.54) is 12.5 Å². The number of aliphatic carboxylic acids is 2. The van der Waals surface area contributed by atoms with Crippen molar-refractivity contribution in [1.29, 1.82) is 0 Å². The lowest BCUT2D eigenvalue weighted by atomic mass is 9.82. The largest absolute Gasteiger partial charge is 0.481 e. The summed E-state index contributed by atoms with van der Waals surface area (Å²) in [5.41, 5.74) is -2.24. The van der Waals surface area contributed by atoms with Crippen molar-refractivity contribution in [3.63, 3.8) is 0 Å². The van der Waals surface area contributed by atoms with Gasteiger partial charge in [0.2, 0.25) is 5.91 Å². The third kappa shape index (κ3) is 17.6. The van der Waals surface area contributed by atoms with Crippen LogP contribution in [0.1, 0.15) is 113 Å².